The van der Waals surface area contributed by atoms with Crippen LogP contribution < -0.4 is 5.32 Å². The Balaban J connectivity index is 1.71. The highest BCUT2D eigenvalue weighted by Crippen LogP contribution is 2.27. The van der Waals surface area contributed by atoms with Gasteiger partial charge in [0.1, 0.15) is 5.82 Å². The molecule has 0 aliphatic rings. The first-order valence-corrected chi connectivity index (χ1v) is 9.51. The van der Waals surface area contributed by atoms with Crippen LogP contribution in [0.25, 0.3) is 17.0 Å². The largest absolute Gasteiger partial charge is 0.396 e. The summed E-state index contributed by atoms with van der Waals surface area (Å²) in [4.78, 5) is 0. The second kappa shape index (κ2) is 8.14. The van der Waals surface area contributed by atoms with Crippen LogP contribution in [0.2, 0.25) is 10.0 Å². The molecule has 0 amide bonds. The Morgan fingerprint density at radius 2 is 1.71 bits per heavy atom. The van der Waals surface area contributed by atoms with Gasteiger partial charge in [0.25, 0.3) is 0 Å². The van der Waals surface area contributed by atoms with Gasteiger partial charge in [0.15, 0.2) is 11.5 Å². The standard InChI is InChI=1S/C20H17Cl2N5O/c21-15-10-14(11-16(22)12-15)20-25-24-19-7-6-18(26-27(19)20)23-17(8-9-28)13-4-2-1-3-5-13/h1-7,10-12,17,28H,8-9H2,(H,23,26)/t17-/m1/s1. The summed E-state index contributed by atoms with van der Waals surface area (Å²) in [6.45, 7) is 0.0632. The Labute approximate surface area is 171 Å². The van der Waals surface area contributed by atoms with Gasteiger partial charge in [-0.1, -0.05) is 53.5 Å². The Bertz CT molecular complexity index is 1080. The van der Waals surface area contributed by atoms with Crippen molar-refractivity contribution < 1.29 is 5.11 Å². The van der Waals surface area contributed by atoms with Gasteiger partial charge in [-0.05, 0) is 42.3 Å². The molecule has 4 rings (SSSR count). The van der Waals surface area contributed by atoms with Gasteiger partial charge in [-0.15, -0.1) is 15.3 Å². The third-order valence-electron chi connectivity index (χ3n) is 4.33. The van der Waals surface area contributed by atoms with Crippen molar-refractivity contribution in [2.75, 3.05) is 11.9 Å². The molecule has 28 heavy (non-hydrogen) atoms. The molecule has 0 unspecified atom stereocenters. The summed E-state index contributed by atoms with van der Waals surface area (Å²) in [6.07, 6.45) is 0.558. The second-order valence-corrected chi connectivity index (χ2v) is 7.16. The lowest BCUT2D eigenvalue weighted by Crippen LogP contribution is -2.14. The molecule has 0 fully saturated rings. The van der Waals surface area contributed by atoms with Crippen molar-refractivity contribution >= 4 is 34.7 Å². The molecule has 6 nitrogen and oxygen atoms in total. The third-order valence-corrected chi connectivity index (χ3v) is 4.76. The summed E-state index contributed by atoms with van der Waals surface area (Å²) in [6, 6.07) is 18.7. The number of hydrogen-bond acceptors (Lipinski definition) is 5. The molecular formula is C20H17Cl2N5O. The lowest BCUT2D eigenvalue weighted by molar-refractivity contribution is 0.280. The van der Waals surface area contributed by atoms with Gasteiger partial charge in [0.2, 0.25) is 0 Å². The molecule has 142 valence electrons. The molecule has 2 N–H and O–H groups in total. The van der Waals surface area contributed by atoms with Crippen molar-refractivity contribution in [1.29, 1.82) is 0 Å². The number of nitrogens with one attached hydrogen (secondary N) is 1. The quantitative estimate of drug-likeness (QED) is 0.481. The summed E-state index contributed by atoms with van der Waals surface area (Å²) in [5.41, 5.74) is 2.41. The Hall–Kier alpha value is -2.67. The number of nitrogens with zero attached hydrogens (tertiary/aromatic N) is 4. The van der Waals surface area contributed by atoms with Gasteiger partial charge < -0.3 is 10.4 Å². The average molecular weight is 414 g/mol. The molecule has 4 aromatic rings. The molecule has 0 saturated carbocycles. The van der Waals surface area contributed by atoms with Crippen LogP contribution in [-0.4, -0.2) is 31.5 Å². The Kier molecular flexibility index (Phi) is 5.43. The van der Waals surface area contributed by atoms with Crippen LogP contribution in [0.5, 0.6) is 0 Å². The fraction of sp³-hybridized carbons (Fsp3) is 0.150. The number of rotatable bonds is 6. The topological polar surface area (TPSA) is 75.3 Å². The number of halogens is 2. The maximum absolute atomic E-state index is 9.45. The number of aliphatic hydroxyl groups is 1. The molecule has 0 saturated heterocycles. The predicted molar refractivity (Wildman–Crippen MR) is 111 cm³/mol. The van der Waals surface area contributed by atoms with Crippen molar-refractivity contribution in [3.63, 3.8) is 0 Å². The van der Waals surface area contributed by atoms with E-state index in [-0.39, 0.29) is 12.6 Å². The SMILES string of the molecule is OCC[C@@H](Nc1ccc2nnc(-c3cc(Cl)cc(Cl)c3)n2n1)c1ccccc1. The van der Waals surface area contributed by atoms with Gasteiger partial charge in [-0.3, -0.25) is 0 Å². The van der Waals surface area contributed by atoms with E-state index in [1.165, 1.54) is 0 Å². The number of hydrogen-bond donors (Lipinski definition) is 2. The maximum Gasteiger partial charge on any atom is 0.185 e. The van der Waals surface area contributed by atoms with Crippen LogP contribution in [0.15, 0.2) is 60.7 Å². The summed E-state index contributed by atoms with van der Waals surface area (Å²) in [7, 11) is 0. The second-order valence-electron chi connectivity index (χ2n) is 6.29. The predicted octanol–water partition coefficient (Wildman–Crippen LogP) is 4.63. The van der Waals surface area contributed by atoms with Crippen molar-refractivity contribution in [3.05, 3.63) is 76.3 Å². The molecule has 0 spiro atoms. The van der Waals surface area contributed by atoms with Gasteiger partial charge in [-0.25, -0.2) is 0 Å². The van der Waals surface area contributed by atoms with Gasteiger partial charge in [0, 0.05) is 22.2 Å². The van der Waals surface area contributed by atoms with E-state index in [4.69, 9.17) is 23.2 Å². The van der Waals surface area contributed by atoms with Crippen LogP contribution in [0.1, 0.15) is 18.0 Å². The molecule has 2 heterocycles. The fourth-order valence-corrected chi connectivity index (χ4v) is 3.57. The summed E-state index contributed by atoms with van der Waals surface area (Å²) in [5.74, 6) is 1.19. The van der Waals surface area contributed by atoms with E-state index in [1.807, 2.05) is 42.5 Å². The summed E-state index contributed by atoms with van der Waals surface area (Å²) >= 11 is 12.2. The highest BCUT2D eigenvalue weighted by Gasteiger charge is 2.15. The molecule has 0 aliphatic carbocycles. The third kappa shape index (κ3) is 3.94. The van der Waals surface area contributed by atoms with Crippen LogP contribution in [0.4, 0.5) is 5.82 Å². The fourth-order valence-electron chi connectivity index (χ4n) is 3.04. The lowest BCUT2D eigenvalue weighted by atomic mass is 10.0. The number of aromatic nitrogens is 4. The Morgan fingerprint density at radius 1 is 0.964 bits per heavy atom. The monoisotopic (exact) mass is 413 g/mol. The molecule has 0 bridgehead atoms. The highest BCUT2D eigenvalue weighted by atomic mass is 35.5. The number of anilines is 1. The van der Waals surface area contributed by atoms with E-state index in [2.05, 4.69) is 20.6 Å². The van der Waals surface area contributed by atoms with Gasteiger partial charge in [-0.2, -0.15) is 4.52 Å². The van der Waals surface area contributed by atoms with Crippen LogP contribution in [-0.2, 0) is 0 Å². The zero-order valence-electron chi connectivity index (χ0n) is 14.8. The van der Waals surface area contributed by atoms with E-state index in [9.17, 15) is 5.11 Å². The normalized spacial score (nSPS) is 12.2. The molecule has 0 radical (unpaired) electrons. The Morgan fingerprint density at radius 3 is 2.43 bits per heavy atom. The zero-order valence-corrected chi connectivity index (χ0v) is 16.3. The van der Waals surface area contributed by atoms with Gasteiger partial charge >= 0.3 is 0 Å². The minimum absolute atomic E-state index is 0.0632. The van der Waals surface area contributed by atoms with Crippen LogP contribution in [0, 0.1) is 0 Å². The first-order valence-electron chi connectivity index (χ1n) is 8.75. The van der Waals surface area contributed by atoms with E-state index in [0.29, 0.717) is 33.8 Å². The molecule has 1 atom stereocenters. The molecule has 2 aromatic carbocycles. The lowest BCUT2D eigenvalue weighted by Gasteiger charge is -2.19. The molecule has 8 heteroatoms. The first kappa shape index (κ1) is 18.7. The maximum atomic E-state index is 9.45. The van der Waals surface area contributed by atoms with Crippen molar-refractivity contribution in [2.24, 2.45) is 0 Å². The van der Waals surface area contributed by atoms with E-state index < -0.39 is 0 Å². The molecular weight excluding hydrogens is 397 g/mol. The van der Waals surface area contributed by atoms with Crippen molar-refractivity contribution in [2.45, 2.75) is 12.5 Å². The first-order chi connectivity index (χ1) is 13.6. The smallest absolute Gasteiger partial charge is 0.185 e. The van der Waals surface area contributed by atoms with Crippen molar-refractivity contribution in [1.82, 2.24) is 19.8 Å². The van der Waals surface area contributed by atoms with E-state index in [0.717, 1.165) is 11.1 Å². The van der Waals surface area contributed by atoms with Crippen LogP contribution >= 0.6 is 23.2 Å². The van der Waals surface area contributed by atoms with Crippen molar-refractivity contribution in [3.8, 4) is 11.4 Å². The number of fused-ring (bicyclic) bond motifs is 1. The van der Waals surface area contributed by atoms with E-state index >= 15 is 0 Å². The minimum atomic E-state index is -0.0725. The zero-order chi connectivity index (χ0) is 19.5. The average Bonchev–Trinajstić information content (AvgIpc) is 3.11. The van der Waals surface area contributed by atoms with Crippen LogP contribution in [0.3, 0.4) is 0 Å². The summed E-state index contributed by atoms with van der Waals surface area (Å²) in [5, 5.41) is 26.9. The minimum Gasteiger partial charge on any atom is -0.396 e. The molecule has 0 aliphatic heterocycles. The van der Waals surface area contributed by atoms with E-state index in [1.54, 1.807) is 22.7 Å². The number of benzene rings is 2. The summed E-state index contributed by atoms with van der Waals surface area (Å²) < 4.78 is 1.64. The highest BCUT2D eigenvalue weighted by molar-refractivity contribution is 6.35. The molecule has 2 aromatic heterocycles. The number of aliphatic hydroxyl groups excluding tert-OH is 1. The van der Waals surface area contributed by atoms with Gasteiger partial charge in [0.05, 0.1) is 6.04 Å².